The maximum absolute atomic E-state index is 11.8. The molecule has 92 valence electrons. The molecule has 0 aliphatic rings. The van der Waals surface area contributed by atoms with Crippen molar-refractivity contribution in [2.24, 2.45) is 5.73 Å². The van der Waals surface area contributed by atoms with Crippen LogP contribution in [0, 0.1) is 13.8 Å². The highest BCUT2D eigenvalue weighted by molar-refractivity contribution is 7.12. The maximum atomic E-state index is 11.8. The van der Waals surface area contributed by atoms with Crippen LogP contribution < -0.4 is 5.73 Å². The van der Waals surface area contributed by atoms with Crippen molar-refractivity contribution in [3.63, 3.8) is 0 Å². The van der Waals surface area contributed by atoms with Crippen molar-refractivity contribution in [2.75, 3.05) is 13.2 Å². The van der Waals surface area contributed by atoms with Gasteiger partial charge in [0.05, 0.1) is 12.6 Å². The van der Waals surface area contributed by atoms with E-state index < -0.39 is 18.8 Å². The summed E-state index contributed by atoms with van der Waals surface area (Å²) in [6, 6.07) is 1.40. The number of hydrogen-bond acceptors (Lipinski definition) is 3. The fraction of sp³-hybridized carbons (Fsp3) is 0.600. The molecule has 0 aliphatic heterocycles. The Morgan fingerprint density at radius 2 is 2.06 bits per heavy atom. The highest BCUT2D eigenvalue weighted by Gasteiger charge is 2.27. The second kappa shape index (κ2) is 5.16. The molecule has 6 heteroatoms. The zero-order chi connectivity index (χ0) is 12.3. The topological polar surface area (TPSA) is 35.2 Å². The minimum absolute atomic E-state index is 0.115. The lowest BCUT2D eigenvalue weighted by Crippen LogP contribution is -2.23. The summed E-state index contributed by atoms with van der Waals surface area (Å²) in [4.78, 5) is 2.12. The van der Waals surface area contributed by atoms with E-state index in [1.54, 1.807) is 11.3 Å². The summed E-state index contributed by atoms with van der Waals surface area (Å²) >= 11 is 1.58. The van der Waals surface area contributed by atoms with E-state index in [9.17, 15) is 13.2 Å². The Hall–Kier alpha value is -0.590. The van der Waals surface area contributed by atoms with E-state index in [4.69, 9.17) is 5.73 Å². The fourth-order valence-corrected chi connectivity index (χ4v) is 2.41. The number of thiophene rings is 1. The molecule has 1 unspecified atom stereocenters. The van der Waals surface area contributed by atoms with Gasteiger partial charge in [-0.15, -0.1) is 11.3 Å². The number of halogens is 3. The molecule has 1 rings (SSSR count). The third-order valence-corrected chi connectivity index (χ3v) is 3.02. The van der Waals surface area contributed by atoms with Crippen molar-refractivity contribution in [1.29, 1.82) is 0 Å². The van der Waals surface area contributed by atoms with Crippen molar-refractivity contribution in [2.45, 2.75) is 26.1 Å². The van der Waals surface area contributed by atoms with Crippen LogP contribution in [0.2, 0.25) is 0 Å². The van der Waals surface area contributed by atoms with Gasteiger partial charge in [0.25, 0.3) is 0 Å². The van der Waals surface area contributed by atoms with Gasteiger partial charge in [-0.05, 0) is 25.5 Å². The van der Waals surface area contributed by atoms with Crippen molar-refractivity contribution < 1.29 is 17.9 Å². The van der Waals surface area contributed by atoms with E-state index in [1.165, 1.54) is 0 Å². The molecule has 0 fully saturated rings. The predicted octanol–water partition coefficient (Wildman–Crippen LogP) is 2.94. The van der Waals surface area contributed by atoms with Gasteiger partial charge in [0.1, 0.15) is 6.61 Å². The molecular formula is C10H14F3NOS. The average molecular weight is 253 g/mol. The molecular weight excluding hydrogens is 239 g/mol. The van der Waals surface area contributed by atoms with Crippen LogP contribution in [0.4, 0.5) is 13.2 Å². The van der Waals surface area contributed by atoms with Crippen molar-refractivity contribution in [1.82, 2.24) is 0 Å². The van der Waals surface area contributed by atoms with Crippen LogP contribution in [0.15, 0.2) is 6.07 Å². The highest BCUT2D eigenvalue weighted by atomic mass is 32.1. The van der Waals surface area contributed by atoms with Gasteiger partial charge in [0, 0.05) is 9.75 Å². The average Bonchev–Trinajstić information content (AvgIpc) is 2.43. The minimum Gasteiger partial charge on any atom is -0.370 e. The lowest BCUT2D eigenvalue weighted by Gasteiger charge is -2.13. The van der Waals surface area contributed by atoms with Gasteiger partial charge in [-0.2, -0.15) is 13.2 Å². The smallest absolute Gasteiger partial charge is 0.370 e. The van der Waals surface area contributed by atoms with Gasteiger partial charge in [0.2, 0.25) is 0 Å². The van der Waals surface area contributed by atoms with Gasteiger partial charge in [-0.25, -0.2) is 0 Å². The molecule has 1 atom stereocenters. The first-order chi connectivity index (χ1) is 7.29. The Labute approximate surface area is 96.2 Å². The fourth-order valence-electron chi connectivity index (χ4n) is 1.41. The second-order valence-electron chi connectivity index (χ2n) is 3.61. The molecule has 1 aromatic heterocycles. The lowest BCUT2D eigenvalue weighted by molar-refractivity contribution is -0.174. The Bertz CT molecular complexity index is 348. The Kier molecular flexibility index (Phi) is 4.35. The SMILES string of the molecule is Cc1cc(C(N)COCC(F)(F)F)c(C)s1. The molecule has 0 spiro atoms. The standard InChI is InChI=1S/C10H14F3NOS/c1-6-3-8(7(2)16-6)9(14)4-15-5-10(11,12)13/h3,9H,4-5,14H2,1-2H3. The molecule has 2 nitrogen and oxygen atoms in total. The van der Waals surface area contributed by atoms with Gasteiger partial charge >= 0.3 is 6.18 Å². The van der Waals surface area contributed by atoms with E-state index in [1.807, 2.05) is 19.9 Å². The molecule has 0 saturated carbocycles. The van der Waals surface area contributed by atoms with Gasteiger partial charge in [-0.1, -0.05) is 0 Å². The van der Waals surface area contributed by atoms with Crippen LogP contribution in [0.3, 0.4) is 0 Å². The Morgan fingerprint density at radius 1 is 1.44 bits per heavy atom. The Balaban J connectivity index is 2.47. The van der Waals surface area contributed by atoms with Gasteiger partial charge < -0.3 is 10.5 Å². The largest absolute Gasteiger partial charge is 0.411 e. The van der Waals surface area contributed by atoms with E-state index in [-0.39, 0.29) is 6.61 Å². The van der Waals surface area contributed by atoms with E-state index >= 15 is 0 Å². The first-order valence-corrected chi connectivity index (χ1v) is 5.58. The molecule has 16 heavy (non-hydrogen) atoms. The molecule has 0 amide bonds. The maximum Gasteiger partial charge on any atom is 0.411 e. The molecule has 0 bridgehead atoms. The second-order valence-corrected chi connectivity index (χ2v) is 5.07. The molecule has 2 N–H and O–H groups in total. The van der Waals surface area contributed by atoms with Crippen LogP contribution >= 0.6 is 11.3 Å². The van der Waals surface area contributed by atoms with Crippen LogP contribution in [-0.4, -0.2) is 19.4 Å². The zero-order valence-electron chi connectivity index (χ0n) is 9.10. The number of ether oxygens (including phenoxy) is 1. The number of hydrogen-bond donors (Lipinski definition) is 1. The van der Waals surface area contributed by atoms with Crippen molar-refractivity contribution >= 4 is 11.3 Å². The summed E-state index contributed by atoms with van der Waals surface area (Å²) in [5, 5.41) is 0. The quantitative estimate of drug-likeness (QED) is 0.895. The summed E-state index contributed by atoms with van der Waals surface area (Å²) < 4.78 is 40.0. The summed E-state index contributed by atoms with van der Waals surface area (Å²) in [6.45, 7) is 2.47. The first-order valence-electron chi connectivity index (χ1n) is 4.76. The van der Waals surface area contributed by atoms with Crippen LogP contribution in [0.1, 0.15) is 21.4 Å². The molecule has 0 radical (unpaired) electrons. The van der Waals surface area contributed by atoms with E-state index in [2.05, 4.69) is 4.74 Å². The van der Waals surface area contributed by atoms with Crippen LogP contribution in [-0.2, 0) is 4.74 Å². The third-order valence-electron chi connectivity index (χ3n) is 2.04. The van der Waals surface area contributed by atoms with E-state index in [0.29, 0.717) is 0 Å². The normalized spacial score (nSPS) is 14.1. The number of rotatable bonds is 4. The number of aryl methyl sites for hydroxylation is 2. The molecule has 0 aliphatic carbocycles. The minimum atomic E-state index is -4.29. The monoisotopic (exact) mass is 253 g/mol. The van der Waals surface area contributed by atoms with Crippen LogP contribution in [0.5, 0.6) is 0 Å². The number of nitrogens with two attached hydrogens (primary N) is 1. The highest BCUT2D eigenvalue weighted by Crippen LogP contribution is 2.25. The molecule has 0 saturated heterocycles. The third kappa shape index (κ3) is 4.11. The summed E-state index contributed by atoms with van der Waals surface area (Å²) in [7, 11) is 0. The summed E-state index contributed by atoms with van der Waals surface area (Å²) in [5.74, 6) is 0. The Morgan fingerprint density at radius 3 is 2.50 bits per heavy atom. The number of alkyl halides is 3. The molecule has 1 heterocycles. The van der Waals surface area contributed by atoms with E-state index in [0.717, 1.165) is 15.3 Å². The first kappa shape index (κ1) is 13.5. The van der Waals surface area contributed by atoms with Crippen molar-refractivity contribution in [3.8, 4) is 0 Å². The lowest BCUT2D eigenvalue weighted by atomic mass is 10.1. The molecule has 0 aromatic carbocycles. The summed E-state index contributed by atoms with van der Waals surface area (Å²) in [6.07, 6.45) is -4.29. The summed E-state index contributed by atoms with van der Waals surface area (Å²) in [5.41, 5.74) is 6.62. The predicted molar refractivity (Wildman–Crippen MR) is 57.6 cm³/mol. The molecule has 1 aromatic rings. The van der Waals surface area contributed by atoms with Crippen molar-refractivity contribution in [3.05, 3.63) is 21.4 Å². The van der Waals surface area contributed by atoms with Gasteiger partial charge in [0.15, 0.2) is 0 Å². The zero-order valence-corrected chi connectivity index (χ0v) is 9.91. The van der Waals surface area contributed by atoms with Gasteiger partial charge in [-0.3, -0.25) is 0 Å². The van der Waals surface area contributed by atoms with Crippen LogP contribution in [0.25, 0.3) is 0 Å².